The van der Waals surface area contributed by atoms with Gasteiger partial charge in [0, 0.05) is 29.3 Å². The molecule has 0 saturated carbocycles. The molecule has 0 aliphatic carbocycles. The molecule has 2 amide bonds. The first-order valence-corrected chi connectivity index (χ1v) is 10.1. The number of anilines is 1. The molecule has 3 rings (SSSR count). The van der Waals surface area contributed by atoms with Gasteiger partial charge in [0.1, 0.15) is 11.8 Å². The number of hydrogen-bond acceptors (Lipinski definition) is 5. The Morgan fingerprint density at radius 1 is 1.26 bits per heavy atom. The van der Waals surface area contributed by atoms with E-state index < -0.39 is 58.9 Å². The zero-order chi connectivity index (χ0) is 25.6. The fraction of sp³-hybridized carbons (Fsp3) is 0.409. The van der Waals surface area contributed by atoms with Crippen molar-refractivity contribution in [2.45, 2.75) is 44.6 Å². The van der Waals surface area contributed by atoms with Gasteiger partial charge < -0.3 is 20.5 Å². The Morgan fingerprint density at radius 3 is 2.47 bits per heavy atom. The maximum absolute atomic E-state index is 14.4. The minimum atomic E-state index is -4.89. The smallest absolute Gasteiger partial charge is 0.417 e. The van der Waals surface area contributed by atoms with Gasteiger partial charge in [0.2, 0.25) is 5.82 Å². The lowest BCUT2D eigenvalue weighted by Crippen LogP contribution is -2.47. The molecule has 2 aromatic rings. The molecule has 0 spiro atoms. The highest BCUT2D eigenvalue weighted by Crippen LogP contribution is 2.55. The molecule has 34 heavy (non-hydrogen) atoms. The highest BCUT2D eigenvalue weighted by atomic mass is 19.4. The number of carbonyl (C=O) groups is 2. The van der Waals surface area contributed by atoms with Crippen LogP contribution >= 0.6 is 0 Å². The molecule has 3 N–H and O–H groups in total. The molecule has 7 nitrogen and oxygen atoms in total. The van der Waals surface area contributed by atoms with E-state index in [1.54, 1.807) is 6.92 Å². The number of alkyl halides is 3. The lowest BCUT2D eigenvalue weighted by molar-refractivity contribution is -0.272. The Hall–Kier alpha value is -3.28. The molecule has 0 unspecified atom stereocenters. The van der Waals surface area contributed by atoms with E-state index in [1.807, 2.05) is 0 Å². The number of rotatable bonds is 5. The van der Waals surface area contributed by atoms with Gasteiger partial charge in [-0.2, -0.15) is 17.6 Å². The van der Waals surface area contributed by atoms with E-state index >= 15 is 0 Å². The average molecular weight is 487 g/mol. The number of aromatic nitrogens is 1. The summed E-state index contributed by atoms with van der Waals surface area (Å²) in [6.07, 6.45) is -5.41. The van der Waals surface area contributed by atoms with Gasteiger partial charge in [0.25, 0.3) is 11.8 Å². The summed E-state index contributed by atoms with van der Waals surface area (Å²) >= 11 is 0. The third-order valence-corrected chi connectivity index (χ3v) is 6.18. The molecular weight excluding hydrogens is 465 g/mol. The number of nitrogens with one attached hydrogen (secondary N) is 1. The van der Waals surface area contributed by atoms with Crippen molar-refractivity contribution in [2.75, 3.05) is 12.4 Å². The zero-order valence-corrected chi connectivity index (χ0v) is 18.6. The number of halogens is 5. The van der Waals surface area contributed by atoms with E-state index in [0.29, 0.717) is 5.56 Å². The fourth-order valence-electron chi connectivity index (χ4n) is 4.04. The number of amides is 2. The van der Waals surface area contributed by atoms with Gasteiger partial charge in [-0.05, 0) is 31.5 Å². The number of benzene rings is 1. The molecular formula is C22H22F5N3O4. The van der Waals surface area contributed by atoms with Crippen LogP contribution in [0.2, 0.25) is 0 Å². The van der Waals surface area contributed by atoms with Crippen LogP contribution in [0.4, 0.5) is 27.6 Å². The summed E-state index contributed by atoms with van der Waals surface area (Å²) in [4.78, 5) is 28.4. The summed E-state index contributed by atoms with van der Waals surface area (Å²) in [6, 6.07) is 2.97. The van der Waals surface area contributed by atoms with Gasteiger partial charge in [0.15, 0.2) is 17.2 Å². The van der Waals surface area contributed by atoms with Gasteiger partial charge in [0.05, 0.1) is 7.11 Å². The van der Waals surface area contributed by atoms with Crippen molar-refractivity contribution in [2.24, 2.45) is 11.7 Å². The zero-order valence-electron chi connectivity index (χ0n) is 18.6. The van der Waals surface area contributed by atoms with Crippen LogP contribution in [0.3, 0.4) is 0 Å². The van der Waals surface area contributed by atoms with Gasteiger partial charge in [-0.3, -0.25) is 14.6 Å². The molecule has 0 radical (unpaired) electrons. The fourth-order valence-corrected chi connectivity index (χ4v) is 4.04. The molecule has 12 heteroatoms. The summed E-state index contributed by atoms with van der Waals surface area (Å²) in [5, 5.41) is 2.43. The van der Waals surface area contributed by atoms with Crippen molar-refractivity contribution in [1.82, 2.24) is 4.98 Å². The van der Waals surface area contributed by atoms with Gasteiger partial charge >= 0.3 is 6.18 Å². The van der Waals surface area contributed by atoms with Crippen molar-refractivity contribution in [1.29, 1.82) is 0 Å². The number of primary amides is 1. The topological polar surface area (TPSA) is 104 Å². The van der Waals surface area contributed by atoms with Crippen molar-refractivity contribution in [3.05, 3.63) is 52.9 Å². The van der Waals surface area contributed by atoms with Crippen molar-refractivity contribution in [3.8, 4) is 5.75 Å². The largest absolute Gasteiger partial charge is 0.493 e. The molecule has 1 aromatic carbocycles. The molecule has 1 aliphatic rings. The van der Waals surface area contributed by atoms with Crippen LogP contribution < -0.4 is 15.8 Å². The molecule has 1 aromatic heterocycles. The van der Waals surface area contributed by atoms with Crippen molar-refractivity contribution < 1.29 is 41.0 Å². The maximum Gasteiger partial charge on any atom is 0.417 e. The Morgan fingerprint density at radius 2 is 1.91 bits per heavy atom. The number of nitrogens with zero attached hydrogens (tertiary/aromatic N) is 1. The minimum Gasteiger partial charge on any atom is -0.493 e. The molecule has 1 aliphatic heterocycles. The standard InChI is InChI=1S/C22H22F5N3O4/c1-9-8-29-14(19(28)31)7-13(9)30-20(32)18-15(10(2)21(3,34-18)22(25,26)27)11-5-6-12(23)16(24)17(11)33-4/h5-8,10,15,18H,1-4H3,(H2,28,31)(H,29,30,32)/t10-,15+,18+,21-/m1/s1. The molecule has 1 fully saturated rings. The van der Waals surface area contributed by atoms with Crippen LogP contribution in [0, 0.1) is 24.5 Å². The number of hydrogen-bond donors (Lipinski definition) is 2. The third kappa shape index (κ3) is 4.17. The molecule has 0 bridgehead atoms. The normalized spacial score (nSPS) is 24.7. The number of aryl methyl sites for hydroxylation is 1. The lowest BCUT2D eigenvalue weighted by atomic mass is 9.77. The highest BCUT2D eigenvalue weighted by Gasteiger charge is 2.65. The van der Waals surface area contributed by atoms with E-state index in [0.717, 1.165) is 26.2 Å². The van der Waals surface area contributed by atoms with Gasteiger partial charge in [-0.15, -0.1) is 0 Å². The van der Waals surface area contributed by atoms with Crippen molar-refractivity contribution in [3.63, 3.8) is 0 Å². The van der Waals surface area contributed by atoms with E-state index in [1.165, 1.54) is 19.2 Å². The molecule has 1 saturated heterocycles. The quantitative estimate of drug-likeness (QED) is 0.624. The highest BCUT2D eigenvalue weighted by molar-refractivity contribution is 5.98. The van der Waals surface area contributed by atoms with Crippen LogP contribution in [-0.2, 0) is 9.53 Å². The predicted octanol–water partition coefficient (Wildman–Crippen LogP) is 3.85. The second kappa shape index (κ2) is 8.82. The minimum absolute atomic E-state index is 0.0710. The Balaban J connectivity index is 2.10. The van der Waals surface area contributed by atoms with Crippen LogP contribution in [-0.4, -0.2) is 41.8 Å². The van der Waals surface area contributed by atoms with Crippen LogP contribution in [0.25, 0.3) is 0 Å². The number of nitrogens with two attached hydrogens (primary N) is 1. The predicted molar refractivity (Wildman–Crippen MR) is 110 cm³/mol. The first kappa shape index (κ1) is 25.3. The number of ether oxygens (including phenoxy) is 2. The summed E-state index contributed by atoms with van der Waals surface area (Å²) in [6.45, 7) is 3.53. The first-order chi connectivity index (χ1) is 15.7. The molecule has 2 heterocycles. The van der Waals surface area contributed by atoms with Gasteiger partial charge in [-0.25, -0.2) is 4.39 Å². The summed E-state index contributed by atoms with van der Waals surface area (Å²) < 4.78 is 80.4. The summed E-state index contributed by atoms with van der Waals surface area (Å²) in [7, 11) is 1.03. The number of methoxy groups -OCH3 is 1. The Kier molecular flexibility index (Phi) is 6.57. The molecule has 4 atom stereocenters. The molecule has 184 valence electrons. The number of carbonyl (C=O) groups excluding carboxylic acids is 2. The van der Waals surface area contributed by atoms with E-state index in [9.17, 15) is 31.5 Å². The van der Waals surface area contributed by atoms with Crippen LogP contribution in [0.1, 0.15) is 41.4 Å². The Labute approximate surface area is 191 Å². The van der Waals surface area contributed by atoms with E-state index in [2.05, 4.69) is 10.3 Å². The second-order valence-electron chi connectivity index (χ2n) is 8.18. The van der Waals surface area contributed by atoms with Crippen molar-refractivity contribution >= 4 is 17.5 Å². The number of pyridine rings is 1. The summed E-state index contributed by atoms with van der Waals surface area (Å²) in [5.74, 6) is -7.94. The maximum atomic E-state index is 14.4. The SMILES string of the molecule is COc1c([C@H]2[C@@H](C(=O)Nc3cc(C(N)=O)ncc3C)O[C@@](C)(C(F)(F)F)[C@@H]2C)ccc(F)c1F. The monoisotopic (exact) mass is 487 g/mol. The average Bonchev–Trinajstić information content (AvgIpc) is 3.03. The van der Waals surface area contributed by atoms with E-state index in [4.69, 9.17) is 15.2 Å². The summed E-state index contributed by atoms with van der Waals surface area (Å²) in [5.41, 5.74) is 2.53. The Bertz CT molecular complexity index is 1140. The van der Waals surface area contributed by atoms with Crippen LogP contribution in [0.5, 0.6) is 5.75 Å². The van der Waals surface area contributed by atoms with Gasteiger partial charge in [-0.1, -0.05) is 13.0 Å². The van der Waals surface area contributed by atoms with E-state index in [-0.39, 0.29) is 16.9 Å². The second-order valence-corrected chi connectivity index (χ2v) is 8.18. The van der Waals surface area contributed by atoms with Crippen LogP contribution in [0.15, 0.2) is 24.4 Å². The lowest BCUT2D eigenvalue weighted by Gasteiger charge is -2.32. The third-order valence-electron chi connectivity index (χ3n) is 6.18. The first-order valence-electron chi connectivity index (χ1n) is 10.1.